The van der Waals surface area contributed by atoms with Crippen molar-refractivity contribution in [3.8, 4) is 11.3 Å². The molecule has 0 radical (unpaired) electrons. The van der Waals surface area contributed by atoms with Crippen molar-refractivity contribution >= 4 is 40.2 Å². The van der Waals surface area contributed by atoms with Crippen LogP contribution in [0.3, 0.4) is 0 Å². The second kappa shape index (κ2) is 10.3. The molecular weight excluding hydrogens is 452 g/mol. The Morgan fingerprint density at radius 1 is 1.00 bits per heavy atom. The molecule has 0 bridgehead atoms. The number of benzene rings is 2. The van der Waals surface area contributed by atoms with E-state index in [4.69, 9.17) is 21.3 Å². The van der Waals surface area contributed by atoms with E-state index >= 15 is 0 Å². The molecule has 0 saturated carbocycles. The average Bonchev–Trinajstić information content (AvgIpc) is 2.86. The van der Waals surface area contributed by atoms with Crippen LogP contribution in [0.1, 0.15) is 23.7 Å². The van der Waals surface area contributed by atoms with Gasteiger partial charge in [-0.1, -0.05) is 36.7 Å². The quantitative estimate of drug-likeness (QED) is 0.518. The van der Waals surface area contributed by atoms with Crippen molar-refractivity contribution in [2.75, 3.05) is 51.8 Å². The van der Waals surface area contributed by atoms with Gasteiger partial charge >= 0.3 is 6.09 Å². The molecule has 1 aliphatic rings. The van der Waals surface area contributed by atoms with Crippen LogP contribution in [0, 0.1) is 0 Å². The number of piperazine rings is 1. The molecular formula is C26H29ClN4O3. The average molecular weight is 481 g/mol. The van der Waals surface area contributed by atoms with Gasteiger partial charge in [0.1, 0.15) is 0 Å². The number of anilines is 1. The lowest BCUT2D eigenvalue weighted by Crippen LogP contribution is -2.50. The number of carbonyl (C=O) groups excluding carboxylic acids is 2. The van der Waals surface area contributed by atoms with Gasteiger partial charge < -0.3 is 19.4 Å². The van der Waals surface area contributed by atoms with Gasteiger partial charge in [-0.25, -0.2) is 9.78 Å². The molecule has 1 aromatic heterocycles. The van der Waals surface area contributed by atoms with E-state index in [9.17, 15) is 9.59 Å². The summed E-state index contributed by atoms with van der Waals surface area (Å²) in [5.41, 5.74) is 4.04. The fraction of sp³-hybridized carbons (Fsp3) is 0.346. The molecule has 0 atom stereocenters. The molecule has 7 nitrogen and oxygen atoms in total. The van der Waals surface area contributed by atoms with Crippen molar-refractivity contribution < 1.29 is 14.3 Å². The predicted molar refractivity (Wildman–Crippen MR) is 136 cm³/mol. The van der Waals surface area contributed by atoms with Crippen LogP contribution in [0.4, 0.5) is 10.5 Å². The molecule has 0 aliphatic carbocycles. The second-order valence-corrected chi connectivity index (χ2v) is 8.96. The minimum absolute atomic E-state index is 0.0814. The Labute approximate surface area is 204 Å². The molecule has 2 amide bonds. The number of amides is 2. The molecule has 0 spiro atoms. The maximum absolute atomic E-state index is 13.2. The Balaban J connectivity index is 1.52. The van der Waals surface area contributed by atoms with E-state index < -0.39 is 0 Å². The number of rotatable bonds is 5. The highest BCUT2D eigenvalue weighted by Gasteiger charge is 2.26. The van der Waals surface area contributed by atoms with Crippen LogP contribution in [0.5, 0.6) is 0 Å². The number of hydrogen-bond donors (Lipinski definition) is 0. The standard InChI is InChI=1S/C26H29ClN4O3/c1-4-15-34-26(33)31-13-11-30(12-14-31)25(32)19-7-10-21-22(27)17-23(28-24(21)16-19)18-5-8-20(9-6-18)29(2)3/h5-10,16-17H,4,11-15H2,1-3H3. The molecule has 8 heteroatoms. The maximum Gasteiger partial charge on any atom is 0.409 e. The summed E-state index contributed by atoms with van der Waals surface area (Å²) >= 11 is 6.56. The Kier molecular flexibility index (Phi) is 7.22. The van der Waals surface area contributed by atoms with Gasteiger partial charge in [0.2, 0.25) is 0 Å². The summed E-state index contributed by atoms with van der Waals surface area (Å²) in [5.74, 6) is -0.0814. The van der Waals surface area contributed by atoms with Crippen molar-refractivity contribution in [3.05, 3.63) is 59.1 Å². The molecule has 1 aliphatic heterocycles. The van der Waals surface area contributed by atoms with Crippen molar-refractivity contribution in [2.24, 2.45) is 0 Å². The summed E-state index contributed by atoms with van der Waals surface area (Å²) in [5, 5.41) is 1.39. The fourth-order valence-corrected chi connectivity index (χ4v) is 4.22. The van der Waals surface area contributed by atoms with E-state index in [2.05, 4.69) is 0 Å². The highest BCUT2D eigenvalue weighted by molar-refractivity contribution is 6.35. The number of fused-ring (bicyclic) bond motifs is 1. The van der Waals surface area contributed by atoms with E-state index in [1.807, 2.05) is 62.3 Å². The van der Waals surface area contributed by atoms with Crippen LogP contribution in [0.25, 0.3) is 22.2 Å². The number of aromatic nitrogens is 1. The summed E-state index contributed by atoms with van der Waals surface area (Å²) in [7, 11) is 3.99. The Morgan fingerprint density at radius 2 is 1.68 bits per heavy atom. The molecule has 1 saturated heterocycles. The maximum atomic E-state index is 13.2. The molecule has 2 heterocycles. The predicted octanol–water partition coefficient (Wildman–Crippen LogP) is 4.93. The summed E-state index contributed by atoms with van der Waals surface area (Å²) in [4.78, 5) is 35.5. The zero-order valence-corrected chi connectivity index (χ0v) is 20.5. The summed E-state index contributed by atoms with van der Waals surface area (Å²) in [6, 6.07) is 15.4. The number of nitrogens with zero attached hydrogens (tertiary/aromatic N) is 4. The van der Waals surface area contributed by atoms with Crippen molar-refractivity contribution in [1.82, 2.24) is 14.8 Å². The van der Waals surface area contributed by atoms with Crippen LogP contribution in [-0.2, 0) is 4.74 Å². The van der Waals surface area contributed by atoms with Crippen molar-refractivity contribution in [2.45, 2.75) is 13.3 Å². The molecule has 0 unspecified atom stereocenters. The van der Waals surface area contributed by atoms with Gasteiger partial charge in [0.25, 0.3) is 5.91 Å². The smallest absolute Gasteiger partial charge is 0.409 e. The highest BCUT2D eigenvalue weighted by Crippen LogP contribution is 2.30. The Hall–Kier alpha value is -3.32. The number of pyridine rings is 1. The Bertz CT molecular complexity index is 1190. The van der Waals surface area contributed by atoms with Crippen LogP contribution >= 0.6 is 11.6 Å². The minimum Gasteiger partial charge on any atom is -0.449 e. The number of ether oxygens (including phenoxy) is 1. The molecule has 178 valence electrons. The van der Waals surface area contributed by atoms with E-state index in [1.165, 1.54) is 0 Å². The van der Waals surface area contributed by atoms with Gasteiger partial charge in [0.05, 0.1) is 22.8 Å². The first kappa shape index (κ1) is 23.8. The van der Waals surface area contributed by atoms with Crippen LogP contribution < -0.4 is 4.90 Å². The minimum atomic E-state index is -0.315. The SMILES string of the molecule is CCCOC(=O)N1CCN(C(=O)c2ccc3c(Cl)cc(-c4ccc(N(C)C)cc4)nc3c2)CC1. The number of carbonyl (C=O) groups is 2. The number of halogens is 1. The molecule has 34 heavy (non-hydrogen) atoms. The second-order valence-electron chi connectivity index (χ2n) is 8.56. The van der Waals surface area contributed by atoms with Crippen LogP contribution in [0.15, 0.2) is 48.5 Å². The van der Waals surface area contributed by atoms with Gasteiger partial charge in [-0.2, -0.15) is 0 Å². The van der Waals surface area contributed by atoms with Gasteiger partial charge in [-0.3, -0.25) is 4.79 Å². The van der Waals surface area contributed by atoms with Crippen molar-refractivity contribution in [1.29, 1.82) is 0 Å². The van der Waals surface area contributed by atoms with Gasteiger partial charge in [-0.15, -0.1) is 0 Å². The monoisotopic (exact) mass is 480 g/mol. The normalized spacial score (nSPS) is 13.8. The molecule has 2 aromatic carbocycles. The third kappa shape index (κ3) is 5.09. The van der Waals surface area contributed by atoms with Crippen molar-refractivity contribution in [3.63, 3.8) is 0 Å². The summed E-state index contributed by atoms with van der Waals surface area (Å²) in [6.07, 6.45) is 0.470. The molecule has 0 N–H and O–H groups in total. The van der Waals surface area contributed by atoms with E-state index in [0.717, 1.165) is 28.8 Å². The van der Waals surface area contributed by atoms with Gasteiger partial charge in [-0.05, 0) is 36.8 Å². The van der Waals surface area contributed by atoms with E-state index in [1.54, 1.807) is 21.9 Å². The summed E-state index contributed by atoms with van der Waals surface area (Å²) < 4.78 is 5.20. The lowest BCUT2D eigenvalue weighted by atomic mass is 10.1. The van der Waals surface area contributed by atoms with Crippen LogP contribution in [0.2, 0.25) is 5.02 Å². The zero-order valence-electron chi connectivity index (χ0n) is 19.8. The third-order valence-corrected chi connectivity index (χ3v) is 6.25. The first-order valence-corrected chi connectivity index (χ1v) is 11.8. The largest absolute Gasteiger partial charge is 0.449 e. The third-order valence-electron chi connectivity index (χ3n) is 5.94. The Morgan fingerprint density at radius 3 is 2.32 bits per heavy atom. The highest BCUT2D eigenvalue weighted by atomic mass is 35.5. The van der Waals surface area contributed by atoms with Gasteiger partial charge in [0.15, 0.2) is 0 Å². The van der Waals surface area contributed by atoms with E-state index in [0.29, 0.717) is 48.9 Å². The summed E-state index contributed by atoms with van der Waals surface area (Å²) in [6.45, 7) is 4.21. The molecule has 4 rings (SSSR count). The first-order valence-electron chi connectivity index (χ1n) is 11.5. The molecule has 3 aromatic rings. The fourth-order valence-electron chi connectivity index (χ4n) is 3.95. The van der Waals surface area contributed by atoms with Crippen LogP contribution in [-0.4, -0.2) is 73.7 Å². The topological polar surface area (TPSA) is 66.0 Å². The lowest BCUT2D eigenvalue weighted by molar-refractivity contribution is 0.0560. The van der Waals surface area contributed by atoms with Gasteiger partial charge in [0, 0.05) is 62.5 Å². The lowest BCUT2D eigenvalue weighted by Gasteiger charge is -2.34. The number of hydrogen-bond acceptors (Lipinski definition) is 5. The van der Waals surface area contributed by atoms with E-state index in [-0.39, 0.29) is 12.0 Å². The first-order chi connectivity index (χ1) is 16.4. The zero-order chi connectivity index (χ0) is 24.2. The molecule has 1 fully saturated rings.